The molecule has 1 heterocycles. The number of benzene rings is 2. The van der Waals surface area contributed by atoms with Gasteiger partial charge in [-0.1, -0.05) is 42.5 Å². The highest BCUT2D eigenvalue weighted by molar-refractivity contribution is 7.16. The van der Waals surface area contributed by atoms with Crippen LogP contribution in [-0.2, 0) is 12.8 Å². The summed E-state index contributed by atoms with van der Waals surface area (Å²) in [6.07, 6.45) is 1.89. The predicted octanol–water partition coefficient (Wildman–Crippen LogP) is 4.45. The molecule has 0 saturated carbocycles. The number of hydrogen-bond donors (Lipinski definition) is 1. The molecule has 0 bridgehead atoms. The second-order valence-corrected chi connectivity index (χ2v) is 6.28. The highest BCUT2D eigenvalue weighted by atomic mass is 32.1. The Morgan fingerprint density at radius 2 is 1.86 bits per heavy atom. The second-order valence-electron chi connectivity index (χ2n) is 5.14. The fourth-order valence-electron chi connectivity index (χ4n) is 2.72. The van der Waals surface area contributed by atoms with Gasteiger partial charge in [-0.15, -0.1) is 11.3 Å². The van der Waals surface area contributed by atoms with Crippen LogP contribution in [-0.4, -0.2) is 0 Å². The molecule has 0 aliphatic heterocycles. The van der Waals surface area contributed by atoms with Crippen molar-refractivity contribution in [3.63, 3.8) is 0 Å². The van der Waals surface area contributed by atoms with Crippen LogP contribution in [0.3, 0.4) is 0 Å². The van der Waals surface area contributed by atoms with Crippen LogP contribution in [0.25, 0.3) is 10.8 Å². The number of nitriles is 1. The van der Waals surface area contributed by atoms with Crippen LogP contribution in [0.4, 0.5) is 5.00 Å². The first-order chi connectivity index (χ1) is 10.2. The van der Waals surface area contributed by atoms with Gasteiger partial charge in [0.05, 0.1) is 5.56 Å². The molecule has 3 heteroatoms. The second kappa shape index (κ2) is 5.59. The first kappa shape index (κ1) is 13.7. The first-order valence-corrected chi connectivity index (χ1v) is 7.77. The van der Waals surface area contributed by atoms with Crippen LogP contribution in [0.2, 0.25) is 0 Å². The molecule has 0 unspecified atom stereocenters. The summed E-state index contributed by atoms with van der Waals surface area (Å²) in [5, 5.41) is 12.3. The average Bonchev–Trinajstić information content (AvgIpc) is 2.78. The van der Waals surface area contributed by atoms with E-state index in [1.807, 2.05) is 6.92 Å². The summed E-state index contributed by atoms with van der Waals surface area (Å²) in [6, 6.07) is 17.1. The third-order valence-electron chi connectivity index (χ3n) is 3.89. The summed E-state index contributed by atoms with van der Waals surface area (Å²) in [7, 11) is 0. The summed E-state index contributed by atoms with van der Waals surface area (Å²) in [4.78, 5) is 1.22. The molecule has 0 aliphatic carbocycles. The maximum absolute atomic E-state index is 9.12. The fraction of sp³-hybridized carbons (Fsp3) is 0.167. The van der Waals surface area contributed by atoms with E-state index in [0.29, 0.717) is 10.6 Å². The van der Waals surface area contributed by atoms with Gasteiger partial charge in [0.15, 0.2) is 0 Å². The van der Waals surface area contributed by atoms with E-state index in [-0.39, 0.29) is 0 Å². The molecular weight excluding hydrogens is 276 g/mol. The third-order valence-corrected chi connectivity index (χ3v) is 5.07. The Balaban J connectivity index is 1.89. The minimum atomic E-state index is 0.642. The van der Waals surface area contributed by atoms with E-state index in [0.717, 1.165) is 18.4 Å². The standard InChI is InChI=1S/C18H16N2S/c1-12-16(11-19)18(20)21-17(12)10-9-14-7-4-6-13-5-2-3-8-15(13)14/h2-8H,9-10,20H2,1H3. The van der Waals surface area contributed by atoms with Crippen molar-refractivity contribution in [1.82, 2.24) is 0 Å². The molecule has 0 saturated heterocycles. The number of hydrogen-bond acceptors (Lipinski definition) is 3. The number of nitrogens with zero attached hydrogens (tertiary/aromatic N) is 1. The van der Waals surface area contributed by atoms with Crippen molar-refractivity contribution >= 4 is 27.1 Å². The van der Waals surface area contributed by atoms with E-state index in [1.165, 1.54) is 21.2 Å². The highest BCUT2D eigenvalue weighted by Crippen LogP contribution is 2.31. The summed E-state index contributed by atoms with van der Waals surface area (Å²) in [5.74, 6) is 0. The van der Waals surface area contributed by atoms with Crippen LogP contribution in [0.15, 0.2) is 42.5 Å². The Labute approximate surface area is 128 Å². The first-order valence-electron chi connectivity index (χ1n) is 6.95. The largest absolute Gasteiger partial charge is 0.389 e. The number of aryl methyl sites for hydroxylation is 2. The molecule has 2 N–H and O–H groups in total. The van der Waals surface area contributed by atoms with Gasteiger partial charge in [0.25, 0.3) is 0 Å². The van der Waals surface area contributed by atoms with Crippen LogP contribution < -0.4 is 5.73 Å². The molecule has 3 aromatic rings. The lowest BCUT2D eigenvalue weighted by Gasteiger charge is -2.06. The SMILES string of the molecule is Cc1c(CCc2cccc3ccccc23)sc(N)c1C#N. The monoisotopic (exact) mass is 292 g/mol. The zero-order valence-electron chi connectivity index (χ0n) is 11.9. The Kier molecular flexibility index (Phi) is 3.64. The maximum Gasteiger partial charge on any atom is 0.104 e. The fourth-order valence-corrected chi connectivity index (χ4v) is 3.75. The summed E-state index contributed by atoms with van der Waals surface area (Å²) in [6.45, 7) is 1.99. The molecule has 0 aliphatic rings. The molecule has 1 aromatic heterocycles. The topological polar surface area (TPSA) is 49.8 Å². The molecule has 0 amide bonds. The molecule has 3 rings (SSSR count). The average molecular weight is 292 g/mol. The Morgan fingerprint density at radius 1 is 1.10 bits per heavy atom. The van der Waals surface area contributed by atoms with Gasteiger partial charge in [-0.05, 0) is 41.7 Å². The number of thiophene rings is 1. The van der Waals surface area contributed by atoms with Crippen molar-refractivity contribution in [2.24, 2.45) is 0 Å². The van der Waals surface area contributed by atoms with Crippen molar-refractivity contribution in [3.05, 3.63) is 64.0 Å². The smallest absolute Gasteiger partial charge is 0.104 e. The zero-order valence-corrected chi connectivity index (χ0v) is 12.7. The van der Waals surface area contributed by atoms with E-state index in [1.54, 1.807) is 11.3 Å². The zero-order chi connectivity index (χ0) is 14.8. The predicted molar refractivity (Wildman–Crippen MR) is 89.5 cm³/mol. The number of nitrogen functional groups attached to an aromatic ring is 1. The molecule has 2 nitrogen and oxygen atoms in total. The van der Waals surface area contributed by atoms with E-state index in [2.05, 4.69) is 48.5 Å². The normalized spacial score (nSPS) is 10.7. The minimum Gasteiger partial charge on any atom is -0.389 e. The van der Waals surface area contributed by atoms with Gasteiger partial charge in [0, 0.05) is 4.88 Å². The van der Waals surface area contributed by atoms with E-state index < -0.39 is 0 Å². The molecular formula is C18H16N2S. The van der Waals surface area contributed by atoms with Crippen molar-refractivity contribution in [2.45, 2.75) is 19.8 Å². The van der Waals surface area contributed by atoms with Crippen LogP contribution in [0.5, 0.6) is 0 Å². The summed E-state index contributed by atoms with van der Waals surface area (Å²) >= 11 is 1.55. The van der Waals surface area contributed by atoms with Crippen LogP contribution in [0.1, 0.15) is 21.6 Å². The Bertz CT molecular complexity index is 835. The molecule has 104 valence electrons. The van der Waals surface area contributed by atoms with Gasteiger partial charge in [-0.3, -0.25) is 0 Å². The van der Waals surface area contributed by atoms with Gasteiger partial charge in [0.2, 0.25) is 0 Å². The molecule has 0 atom stereocenters. The molecule has 0 fully saturated rings. The van der Waals surface area contributed by atoms with Crippen molar-refractivity contribution in [2.75, 3.05) is 5.73 Å². The van der Waals surface area contributed by atoms with Crippen LogP contribution in [0, 0.1) is 18.3 Å². The van der Waals surface area contributed by atoms with Crippen molar-refractivity contribution in [3.8, 4) is 6.07 Å². The lowest BCUT2D eigenvalue weighted by molar-refractivity contribution is 0.981. The minimum absolute atomic E-state index is 0.642. The number of anilines is 1. The highest BCUT2D eigenvalue weighted by Gasteiger charge is 2.12. The summed E-state index contributed by atoms with van der Waals surface area (Å²) in [5.41, 5.74) is 8.94. The Morgan fingerprint density at radius 3 is 2.62 bits per heavy atom. The van der Waals surface area contributed by atoms with Gasteiger partial charge in [-0.25, -0.2) is 0 Å². The third kappa shape index (κ3) is 2.51. The van der Waals surface area contributed by atoms with Gasteiger partial charge >= 0.3 is 0 Å². The molecule has 2 aromatic carbocycles. The van der Waals surface area contributed by atoms with Crippen molar-refractivity contribution in [1.29, 1.82) is 5.26 Å². The van der Waals surface area contributed by atoms with Gasteiger partial charge < -0.3 is 5.73 Å². The Hall–Kier alpha value is -2.31. The molecule has 0 spiro atoms. The maximum atomic E-state index is 9.12. The van der Waals surface area contributed by atoms with Gasteiger partial charge in [-0.2, -0.15) is 5.26 Å². The van der Waals surface area contributed by atoms with Crippen LogP contribution >= 0.6 is 11.3 Å². The number of fused-ring (bicyclic) bond motifs is 1. The van der Waals surface area contributed by atoms with E-state index in [4.69, 9.17) is 11.0 Å². The summed E-state index contributed by atoms with van der Waals surface area (Å²) < 4.78 is 0. The lowest BCUT2D eigenvalue weighted by Crippen LogP contribution is -1.92. The number of rotatable bonds is 3. The number of nitrogens with two attached hydrogens (primary N) is 1. The molecule has 21 heavy (non-hydrogen) atoms. The van der Waals surface area contributed by atoms with Crippen molar-refractivity contribution < 1.29 is 0 Å². The van der Waals surface area contributed by atoms with E-state index >= 15 is 0 Å². The van der Waals surface area contributed by atoms with Gasteiger partial charge in [0.1, 0.15) is 11.1 Å². The lowest BCUT2D eigenvalue weighted by atomic mass is 9.99. The van der Waals surface area contributed by atoms with E-state index in [9.17, 15) is 0 Å². The molecule has 0 radical (unpaired) electrons. The quantitative estimate of drug-likeness (QED) is 0.775.